The van der Waals surface area contributed by atoms with Gasteiger partial charge < -0.3 is 10.1 Å². The minimum absolute atomic E-state index is 0.587. The van der Waals surface area contributed by atoms with E-state index in [1.165, 1.54) is 11.1 Å². The zero-order chi connectivity index (χ0) is 14.2. The lowest BCUT2D eigenvalue weighted by molar-refractivity contribution is 0.305. The van der Waals surface area contributed by atoms with Crippen LogP contribution in [0, 0.1) is 0 Å². The van der Waals surface area contributed by atoms with Crippen molar-refractivity contribution in [3.8, 4) is 5.75 Å². The molecule has 0 saturated carbocycles. The van der Waals surface area contributed by atoms with Crippen molar-refractivity contribution in [2.45, 2.75) is 32.9 Å². The third-order valence-corrected chi connectivity index (χ3v) is 3.15. The largest absolute Gasteiger partial charge is 0.486 e. The second-order valence-corrected chi connectivity index (χ2v) is 4.90. The van der Waals surface area contributed by atoms with Crippen molar-refractivity contribution in [1.82, 2.24) is 15.1 Å². The van der Waals surface area contributed by atoms with Gasteiger partial charge in [0.15, 0.2) is 5.75 Å². The Kier molecular flexibility index (Phi) is 5.62. The molecule has 1 heterocycles. The molecule has 0 atom stereocenters. The first-order valence-electron chi connectivity index (χ1n) is 7.19. The summed E-state index contributed by atoms with van der Waals surface area (Å²) in [5.41, 5.74) is 2.53. The van der Waals surface area contributed by atoms with Gasteiger partial charge in [0.2, 0.25) is 0 Å². The molecule has 1 aromatic carbocycles. The Hall–Kier alpha value is -1.81. The fourth-order valence-corrected chi connectivity index (χ4v) is 2.01. The van der Waals surface area contributed by atoms with Crippen molar-refractivity contribution in [1.29, 1.82) is 0 Å². The molecule has 0 fully saturated rings. The van der Waals surface area contributed by atoms with E-state index in [9.17, 15) is 0 Å². The highest BCUT2D eigenvalue weighted by Crippen LogP contribution is 2.12. The van der Waals surface area contributed by atoms with Gasteiger partial charge in [0.25, 0.3) is 0 Å². The van der Waals surface area contributed by atoms with E-state index < -0.39 is 0 Å². The number of hydrogen-bond acceptors (Lipinski definition) is 3. The average molecular weight is 273 g/mol. The minimum Gasteiger partial charge on any atom is -0.486 e. The van der Waals surface area contributed by atoms with Crippen molar-refractivity contribution in [3.63, 3.8) is 0 Å². The molecule has 1 aromatic heterocycles. The molecule has 0 aliphatic heterocycles. The summed E-state index contributed by atoms with van der Waals surface area (Å²) in [6.45, 7) is 4.66. The van der Waals surface area contributed by atoms with Gasteiger partial charge in [-0.05, 0) is 37.6 Å². The molecule has 0 spiro atoms. The summed E-state index contributed by atoms with van der Waals surface area (Å²) in [7, 11) is 1.97. The van der Waals surface area contributed by atoms with Crippen molar-refractivity contribution in [2.24, 2.45) is 0 Å². The zero-order valence-electron chi connectivity index (χ0n) is 12.3. The predicted molar refractivity (Wildman–Crippen MR) is 80.9 cm³/mol. The normalized spacial score (nSPS) is 10.7. The van der Waals surface area contributed by atoms with Crippen molar-refractivity contribution < 1.29 is 4.74 Å². The third-order valence-electron chi connectivity index (χ3n) is 3.15. The summed E-state index contributed by atoms with van der Waals surface area (Å²) < 4.78 is 7.66. The van der Waals surface area contributed by atoms with Crippen molar-refractivity contribution >= 4 is 0 Å². The molecule has 0 amide bonds. The lowest BCUT2D eigenvalue weighted by Crippen LogP contribution is -2.10. The maximum Gasteiger partial charge on any atom is 0.157 e. The summed E-state index contributed by atoms with van der Waals surface area (Å²) in [6, 6.07) is 8.58. The van der Waals surface area contributed by atoms with E-state index >= 15 is 0 Å². The molecule has 4 nitrogen and oxygen atoms in total. The Labute approximate surface area is 120 Å². The van der Waals surface area contributed by atoms with Gasteiger partial charge in [-0.2, -0.15) is 5.10 Å². The first kappa shape index (κ1) is 14.6. The van der Waals surface area contributed by atoms with E-state index in [0.717, 1.165) is 31.7 Å². The molecule has 0 aliphatic rings. The van der Waals surface area contributed by atoms with E-state index in [2.05, 4.69) is 41.6 Å². The predicted octanol–water partition coefficient (Wildman–Crippen LogP) is 2.63. The van der Waals surface area contributed by atoms with Crippen LogP contribution in [-0.2, 0) is 19.6 Å². The Balaban J connectivity index is 1.83. The number of hydrogen-bond donors (Lipinski definition) is 1. The van der Waals surface area contributed by atoms with E-state index in [1.807, 2.05) is 17.9 Å². The summed E-state index contributed by atoms with van der Waals surface area (Å²) >= 11 is 0. The average Bonchev–Trinajstić information content (AvgIpc) is 2.92. The molecule has 0 bridgehead atoms. The maximum absolute atomic E-state index is 5.74. The van der Waals surface area contributed by atoms with Gasteiger partial charge in [0.1, 0.15) is 6.61 Å². The molecule has 0 aliphatic carbocycles. The number of ether oxygens (including phenoxy) is 1. The number of aromatic nitrogens is 2. The molecule has 2 aromatic rings. The molecule has 4 heteroatoms. The second-order valence-electron chi connectivity index (χ2n) is 4.90. The quantitative estimate of drug-likeness (QED) is 0.803. The Morgan fingerprint density at radius 3 is 2.65 bits per heavy atom. The molecule has 2 rings (SSSR count). The fraction of sp³-hybridized carbons (Fsp3) is 0.438. The van der Waals surface area contributed by atoms with Crippen LogP contribution in [0.5, 0.6) is 5.75 Å². The number of rotatable bonds is 8. The Bertz CT molecular complexity index is 505. The van der Waals surface area contributed by atoms with Crippen LogP contribution < -0.4 is 10.1 Å². The fourth-order valence-electron chi connectivity index (χ4n) is 2.01. The highest BCUT2D eigenvalue weighted by molar-refractivity contribution is 5.23. The molecule has 0 unspecified atom stereocenters. The van der Waals surface area contributed by atoms with E-state index in [1.54, 1.807) is 6.20 Å². The second kappa shape index (κ2) is 7.70. The number of likely N-dealkylation sites (N-methyl/N-ethyl adjacent to an activating group) is 1. The van der Waals surface area contributed by atoms with Crippen LogP contribution in [0.15, 0.2) is 36.7 Å². The van der Waals surface area contributed by atoms with Crippen LogP contribution >= 0.6 is 0 Å². The standard InChI is InChI=1S/C16H23N3O/c1-3-10-19-12-16(11-18-19)20-13-15-6-4-14(5-7-15)8-9-17-2/h4-7,11-12,17H,3,8-10,13H2,1-2H3. The van der Waals surface area contributed by atoms with Crippen LogP contribution in [0.25, 0.3) is 0 Å². The SMILES string of the molecule is CCCn1cc(OCc2ccc(CCNC)cc2)cn1. The molecule has 1 N–H and O–H groups in total. The third kappa shape index (κ3) is 4.38. The summed E-state index contributed by atoms with van der Waals surface area (Å²) in [5.74, 6) is 0.831. The van der Waals surface area contributed by atoms with Gasteiger partial charge in [-0.25, -0.2) is 0 Å². The molecule has 20 heavy (non-hydrogen) atoms. The molecule has 0 saturated heterocycles. The molecule has 108 valence electrons. The van der Waals surface area contributed by atoms with Gasteiger partial charge in [-0.1, -0.05) is 31.2 Å². The molecular formula is C16H23N3O. The molecular weight excluding hydrogens is 250 g/mol. The van der Waals surface area contributed by atoms with Gasteiger partial charge in [0.05, 0.1) is 12.4 Å². The van der Waals surface area contributed by atoms with Gasteiger partial charge in [-0.15, -0.1) is 0 Å². The van der Waals surface area contributed by atoms with Crippen LogP contribution in [0.2, 0.25) is 0 Å². The monoisotopic (exact) mass is 273 g/mol. The summed E-state index contributed by atoms with van der Waals surface area (Å²) in [6.07, 6.45) is 5.86. The van der Waals surface area contributed by atoms with Crippen LogP contribution in [0.4, 0.5) is 0 Å². The highest BCUT2D eigenvalue weighted by Gasteiger charge is 2.00. The zero-order valence-corrected chi connectivity index (χ0v) is 12.3. The van der Waals surface area contributed by atoms with Gasteiger partial charge in [-0.3, -0.25) is 4.68 Å². The Morgan fingerprint density at radius 2 is 1.95 bits per heavy atom. The van der Waals surface area contributed by atoms with Crippen LogP contribution in [-0.4, -0.2) is 23.4 Å². The minimum atomic E-state index is 0.587. The smallest absolute Gasteiger partial charge is 0.157 e. The lowest BCUT2D eigenvalue weighted by atomic mass is 10.1. The lowest BCUT2D eigenvalue weighted by Gasteiger charge is -2.05. The first-order chi connectivity index (χ1) is 9.81. The first-order valence-corrected chi connectivity index (χ1v) is 7.19. The topological polar surface area (TPSA) is 39.1 Å². The number of aryl methyl sites for hydroxylation is 1. The highest BCUT2D eigenvalue weighted by atomic mass is 16.5. The van der Waals surface area contributed by atoms with E-state index in [-0.39, 0.29) is 0 Å². The Morgan fingerprint density at radius 1 is 1.20 bits per heavy atom. The number of nitrogens with zero attached hydrogens (tertiary/aromatic N) is 2. The van der Waals surface area contributed by atoms with Gasteiger partial charge in [0, 0.05) is 6.54 Å². The maximum atomic E-state index is 5.74. The van der Waals surface area contributed by atoms with Gasteiger partial charge >= 0.3 is 0 Å². The van der Waals surface area contributed by atoms with E-state index in [4.69, 9.17) is 4.74 Å². The van der Waals surface area contributed by atoms with E-state index in [0.29, 0.717) is 6.61 Å². The van der Waals surface area contributed by atoms with Crippen molar-refractivity contribution in [2.75, 3.05) is 13.6 Å². The number of benzene rings is 1. The van der Waals surface area contributed by atoms with Crippen LogP contribution in [0.1, 0.15) is 24.5 Å². The van der Waals surface area contributed by atoms with Crippen LogP contribution in [0.3, 0.4) is 0 Å². The molecule has 0 radical (unpaired) electrons. The number of nitrogens with one attached hydrogen (secondary N) is 1. The summed E-state index contributed by atoms with van der Waals surface area (Å²) in [5, 5.41) is 7.41. The van der Waals surface area contributed by atoms with Crippen molar-refractivity contribution in [3.05, 3.63) is 47.8 Å². The summed E-state index contributed by atoms with van der Waals surface area (Å²) in [4.78, 5) is 0.